The Balaban J connectivity index is 1.48. The third kappa shape index (κ3) is 5.79. The van der Waals surface area contributed by atoms with E-state index < -0.39 is 0 Å². The molecule has 60 heavy (non-hydrogen) atoms. The van der Waals surface area contributed by atoms with Crippen LogP contribution >= 0.6 is 34.8 Å². The van der Waals surface area contributed by atoms with E-state index in [1.807, 2.05) is 109 Å². The van der Waals surface area contributed by atoms with Gasteiger partial charge in [-0.2, -0.15) is 10.5 Å². The zero-order valence-electron chi connectivity index (χ0n) is 31.0. The van der Waals surface area contributed by atoms with Crippen LogP contribution in [0, 0.1) is 29.2 Å². The minimum atomic E-state index is 0.293. The quantitative estimate of drug-likeness (QED) is 0.155. The second-order valence-corrected chi connectivity index (χ2v) is 15.0. The van der Waals surface area contributed by atoms with Crippen LogP contribution in [0.5, 0.6) is 0 Å². The summed E-state index contributed by atoms with van der Waals surface area (Å²) in [5.74, 6) is 1.67. The van der Waals surface area contributed by atoms with Crippen LogP contribution in [0.15, 0.2) is 146 Å². The lowest BCUT2D eigenvalue weighted by molar-refractivity contribution is 1.10. The lowest BCUT2D eigenvalue weighted by atomic mass is 10.1. The number of imidazole rings is 3. The number of rotatable bonds is 6. The highest BCUT2D eigenvalue weighted by Crippen LogP contribution is 2.45. The number of nitrogens with zero attached hydrogens (tertiary/aromatic N) is 9. The lowest BCUT2D eigenvalue weighted by Gasteiger charge is -2.12. The SMILES string of the molecule is [C-]#[N+]c1ccc(-c2nc3c4c(nc(-c5ccc(C#N)c(Cl)c5)n4-c4ccccc4)c4c(nc(-c5ccc(C#N)c(Cl)c5)n4-c4ccccc4)c3n2-c2ccccc2)cc1Cl. The Kier molecular flexibility index (Phi) is 8.90. The molecule has 0 spiro atoms. The maximum absolute atomic E-state index is 9.79. The van der Waals surface area contributed by atoms with Crippen LogP contribution in [-0.4, -0.2) is 28.7 Å². The summed E-state index contributed by atoms with van der Waals surface area (Å²) >= 11 is 20.2. The number of fused-ring (bicyclic) bond motifs is 6. The van der Waals surface area contributed by atoms with Crippen molar-refractivity contribution in [3.63, 3.8) is 0 Å². The number of nitriles is 2. The van der Waals surface area contributed by atoms with Gasteiger partial charge in [-0.3, -0.25) is 13.7 Å². The van der Waals surface area contributed by atoms with Gasteiger partial charge in [0, 0.05) is 38.8 Å². The average molecular weight is 833 g/mol. The number of benzene rings is 7. The van der Waals surface area contributed by atoms with Crippen LogP contribution in [0.2, 0.25) is 15.1 Å². The molecule has 0 fully saturated rings. The Bertz CT molecular complexity index is 3100. The minimum Gasteiger partial charge on any atom is -0.290 e. The third-order valence-corrected chi connectivity index (χ3v) is 11.3. The van der Waals surface area contributed by atoms with Gasteiger partial charge in [0.2, 0.25) is 5.69 Å². The van der Waals surface area contributed by atoms with Gasteiger partial charge in [0.25, 0.3) is 0 Å². The second-order valence-electron chi connectivity index (χ2n) is 13.8. The largest absolute Gasteiger partial charge is 0.290 e. The molecule has 0 amide bonds. The molecule has 0 radical (unpaired) electrons. The van der Waals surface area contributed by atoms with Crippen LogP contribution in [0.4, 0.5) is 5.69 Å². The van der Waals surface area contributed by atoms with Gasteiger partial charge >= 0.3 is 0 Å². The molecule has 0 atom stereocenters. The fourth-order valence-electron chi connectivity index (χ4n) is 7.70. The first-order valence-corrected chi connectivity index (χ1v) is 19.6. The molecule has 0 aliphatic heterocycles. The highest BCUT2D eigenvalue weighted by molar-refractivity contribution is 6.34. The van der Waals surface area contributed by atoms with Crippen LogP contribution in [0.1, 0.15) is 11.1 Å². The Labute approximate surface area is 357 Å². The molecule has 10 rings (SSSR count). The van der Waals surface area contributed by atoms with E-state index in [9.17, 15) is 10.5 Å². The number of hydrogen-bond acceptors (Lipinski definition) is 5. The Hall–Kier alpha value is -7.71. The van der Waals surface area contributed by atoms with E-state index in [1.165, 1.54) is 0 Å². The van der Waals surface area contributed by atoms with Gasteiger partial charge in [-0.25, -0.2) is 19.8 Å². The standard InChI is InChI=1S/C48H24Cl3N9/c1-54-39-22-21-30(25-38(39)51)48-57-42-44-40(55-46(59(44)34-13-7-3-8-14-34)28-17-19-31(26-52)36(49)23-28)43-41(45(42)60(48)35-15-9-4-10-16-35)56-47(58(43)33-11-5-2-6-12-33)29-18-20-32(27-53)37(50)24-29/h2-25H. The van der Waals surface area contributed by atoms with Gasteiger partial charge in [0.15, 0.2) is 0 Å². The minimum absolute atomic E-state index is 0.293. The summed E-state index contributed by atoms with van der Waals surface area (Å²) < 4.78 is 6.20. The van der Waals surface area contributed by atoms with E-state index in [0.29, 0.717) is 99.1 Å². The summed E-state index contributed by atoms with van der Waals surface area (Å²) in [7, 11) is 0. The Morgan fingerprint density at radius 2 is 0.783 bits per heavy atom. The molecule has 10 aromatic rings. The number of halogens is 3. The summed E-state index contributed by atoms with van der Waals surface area (Å²) in [6, 6.07) is 49.8. The molecule has 3 aromatic heterocycles. The molecule has 3 heterocycles. The topological polar surface area (TPSA) is 105 Å². The summed E-state index contributed by atoms with van der Waals surface area (Å²) in [6.45, 7) is 7.67. The molecule has 0 aliphatic carbocycles. The first kappa shape index (κ1) is 36.6. The maximum Gasteiger partial charge on any atom is 0.205 e. The molecule has 0 aliphatic rings. The van der Waals surface area contributed by atoms with Gasteiger partial charge in [-0.1, -0.05) is 102 Å². The van der Waals surface area contributed by atoms with Crippen LogP contribution < -0.4 is 0 Å². The summed E-state index contributed by atoms with van der Waals surface area (Å²) in [5.41, 5.74) is 9.27. The van der Waals surface area contributed by atoms with E-state index in [4.69, 9.17) is 56.3 Å². The monoisotopic (exact) mass is 831 g/mol. The van der Waals surface area contributed by atoms with E-state index in [0.717, 1.165) is 17.1 Å². The molecule has 0 N–H and O–H groups in total. The van der Waals surface area contributed by atoms with Crippen molar-refractivity contribution < 1.29 is 0 Å². The van der Waals surface area contributed by atoms with Gasteiger partial charge in [-0.05, 0) is 78.9 Å². The Morgan fingerprint density at radius 1 is 0.450 bits per heavy atom. The fraction of sp³-hybridized carbons (Fsp3) is 0. The van der Waals surface area contributed by atoms with Gasteiger partial charge in [0.1, 0.15) is 62.7 Å². The molecular weight excluding hydrogens is 809 g/mol. The van der Waals surface area contributed by atoms with E-state index >= 15 is 0 Å². The summed E-state index contributed by atoms with van der Waals surface area (Å²) in [4.78, 5) is 20.1. The van der Waals surface area contributed by atoms with Crippen molar-refractivity contribution in [3.8, 4) is 63.4 Å². The molecule has 282 valence electrons. The highest BCUT2D eigenvalue weighted by Gasteiger charge is 2.31. The van der Waals surface area contributed by atoms with Crippen LogP contribution in [0.25, 0.3) is 89.2 Å². The molecule has 0 saturated heterocycles. The number of hydrogen-bond donors (Lipinski definition) is 0. The second kappa shape index (κ2) is 14.6. The third-order valence-electron chi connectivity index (χ3n) is 10.4. The predicted molar refractivity (Wildman–Crippen MR) is 237 cm³/mol. The zero-order valence-corrected chi connectivity index (χ0v) is 33.3. The normalized spacial score (nSPS) is 11.2. The molecule has 12 heteroatoms. The van der Waals surface area contributed by atoms with Crippen molar-refractivity contribution in [2.24, 2.45) is 0 Å². The van der Waals surface area contributed by atoms with Crippen LogP contribution in [0.3, 0.4) is 0 Å². The van der Waals surface area contributed by atoms with Crippen molar-refractivity contribution in [2.45, 2.75) is 0 Å². The fourth-order valence-corrected chi connectivity index (χ4v) is 8.37. The maximum atomic E-state index is 9.79. The lowest BCUT2D eigenvalue weighted by Crippen LogP contribution is -2.00. The van der Waals surface area contributed by atoms with E-state index in [1.54, 1.807) is 36.4 Å². The average Bonchev–Trinajstić information content (AvgIpc) is 4.00. The summed E-state index contributed by atoms with van der Waals surface area (Å²) in [6.07, 6.45) is 0. The van der Waals surface area contributed by atoms with Gasteiger partial charge in [-0.15, -0.1) is 0 Å². The highest BCUT2D eigenvalue weighted by atomic mass is 35.5. The first-order chi connectivity index (χ1) is 29.4. The van der Waals surface area contributed by atoms with Crippen LogP contribution in [-0.2, 0) is 0 Å². The predicted octanol–water partition coefficient (Wildman–Crippen LogP) is 13.0. The zero-order chi connectivity index (χ0) is 41.1. The Morgan fingerprint density at radius 3 is 1.08 bits per heavy atom. The van der Waals surface area contributed by atoms with Crippen molar-refractivity contribution in [3.05, 3.63) is 183 Å². The molecule has 0 unspecified atom stereocenters. The molecule has 0 bridgehead atoms. The van der Waals surface area contributed by atoms with Crippen molar-refractivity contribution in [1.82, 2.24) is 28.7 Å². The van der Waals surface area contributed by atoms with E-state index in [-0.39, 0.29) is 0 Å². The van der Waals surface area contributed by atoms with Gasteiger partial charge < -0.3 is 0 Å². The summed E-state index contributed by atoms with van der Waals surface area (Å²) in [5, 5.41) is 20.5. The smallest absolute Gasteiger partial charge is 0.205 e. The first-order valence-electron chi connectivity index (χ1n) is 18.5. The molecule has 7 aromatic carbocycles. The number of aromatic nitrogens is 6. The van der Waals surface area contributed by atoms with Crippen molar-refractivity contribution >= 4 is 73.6 Å². The van der Waals surface area contributed by atoms with Gasteiger partial charge in [0.05, 0.1) is 27.7 Å². The molecule has 0 saturated carbocycles. The van der Waals surface area contributed by atoms with Crippen molar-refractivity contribution in [2.75, 3.05) is 0 Å². The van der Waals surface area contributed by atoms with E-state index in [2.05, 4.69) is 30.7 Å². The molecule has 9 nitrogen and oxygen atoms in total. The van der Waals surface area contributed by atoms with Crippen molar-refractivity contribution in [1.29, 1.82) is 10.5 Å². The molecular formula is C48H24Cl3N9. The number of para-hydroxylation sites is 3.